The van der Waals surface area contributed by atoms with Crippen LogP contribution in [0.4, 0.5) is 11.4 Å². The van der Waals surface area contributed by atoms with Crippen molar-refractivity contribution in [2.45, 2.75) is 57.7 Å². The number of nitrogens with zero attached hydrogens (tertiary/aromatic N) is 2. The van der Waals surface area contributed by atoms with Gasteiger partial charge in [-0.3, -0.25) is 0 Å². The van der Waals surface area contributed by atoms with Gasteiger partial charge >= 0.3 is 0 Å². The Hall–Kier alpha value is -6.41. The molecule has 7 aromatic rings. The highest BCUT2D eigenvalue weighted by Crippen LogP contribution is 2.55. The Labute approximate surface area is 361 Å². The third kappa shape index (κ3) is 4.96. The van der Waals surface area contributed by atoms with E-state index in [1.165, 1.54) is 114 Å². The number of allylic oxidation sites excluding steroid dienone is 6. The first kappa shape index (κ1) is 35.4. The van der Waals surface area contributed by atoms with E-state index in [9.17, 15) is 5.26 Å². The van der Waals surface area contributed by atoms with Gasteiger partial charge in [-0.15, -0.1) is 11.3 Å². The van der Waals surface area contributed by atoms with Crippen LogP contribution in [-0.4, -0.2) is 6.71 Å². The standard InChI is InChI=1S/C57H43BN2S/c1-33-15-13-16-34(2)57(33)60-48-30-43-42(52(36-17-5-3-6-18-36)38-21-9-10-22-39(38)53(43)37-19-7-4-8-20-37)29-47(48)58-46-25-14-24-41-54(46)44(45-27-35(32-59)28-49(60)56(45)58)31-51-55(41)40-23-11-12-26-50(40)61-51/h3-9,11-12,14-15,17-21,23-24,26-31,44,46,54H,10,13,16,22,25H2,1-2H3. The minimum absolute atomic E-state index is 0.151. The van der Waals surface area contributed by atoms with E-state index in [1.54, 1.807) is 0 Å². The van der Waals surface area contributed by atoms with E-state index in [0.29, 0.717) is 11.7 Å². The maximum Gasteiger partial charge on any atom is 0.219 e. The van der Waals surface area contributed by atoms with Crippen molar-refractivity contribution in [2.24, 2.45) is 5.92 Å². The molecule has 2 aliphatic heterocycles. The van der Waals surface area contributed by atoms with Crippen molar-refractivity contribution < 1.29 is 0 Å². The van der Waals surface area contributed by atoms with Crippen LogP contribution in [0.1, 0.15) is 67.7 Å². The van der Waals surface area contributed by atoms with Crippen LogP contribution in [-0.2, 0) is 6.42 Å². The van der Waals surface area contributed by atoms with E-state index in [-0.39, 0.29) is 12.6 Å². The molecular formula is C57H43BN2S. The molecule has 2 nitrogen and oxygen atoms in total. The number of benzene rings is 6. The van der Waals surface area contributed by atoms with E-state index in [2.05, 4.69) is 170 Å². The van der Waals surface area contributed by atoms with Gasteiger partial charge in [0.25, 0.3) is 0 Å². The van der Waals surface area contributed by atoms with Crippen LogP contribution in [0.2, 0.25) is 5.82 Å². The molecule has 0 bridgehead atoms. The van der Waals surface area contributed by atoms with Gasteiger partial charge in [0.05, 0.1) is 11.6 Å². The molecule has 13 rings (SSSR count). The topological polar surface area (TPSA) is 27.0 Å². The van der Waals surface area contributed by atoms with Crippen molar-refractivity contribution in [3.05, 3.63) is 182 Å². The molecule has 3 atom stereocenters. The van der Waals surface area contributed by atoms with Crippen LogP contribution >= 0.6 is 11.3 Å². The van der Waals surface area contributed by atoms with Crippen LogP contribution in [0.3, 0.4) is 0 Å². The smallest absolute Gasteiger partial charge is 0.219 e. The number of anilines is 2. The largest absolute Gasteiger partial charge is 0.311 e. The summed E-state index contributed by atoms with van der Waals surface area (Å²) in [7, 11) is 0. The molecule has 0 spiro atoms. The average Bonchev–Trinajstić information content (AvgIpc) is 3.68. The molecule has 290 valence electrons. The summed E-state index contributed by atoms with van der Waals surface area (Å²) in [5.74, 6) is 0.851. The minimum atomic E-state index is 0.151. The zero-order chi connectivity index (χ0) is 40.5. The number of hydrogen-bond acceptors (Lipinski definition) is 3. The van der Waals surface area contributed by atoms with Gasteiger partial charge in [0.2, 0.25) is 6.71 Å². The van der Waals surface area contributed by atoms with E-state index < -0.39 is 0 Å². The molecule has 0 amide bonds. The van der Waals surface area contributed by atoms with Gasteiger partial charge in [-0.25, -0.2) is 0 Å². The summed E-state index contributed by atoms with van der Waals surface area (Å²) in [5.41, 5.74) is 20.9. The van der Waals surface area contributed by atoms with Crippen molar-refractivity contribution >= 4 is 78.9 Å². The van der Waals surface area contributed by atoms with Crippen molar-refractivity contribution in [1.82, 2.24) is 0 Å². The normalized spacial score (nSPS) is 20.4. The minimum Gasteiger partial charge on any atom is -0.311 e. The predicted octanol–water partition coefficient (Wildman–Crippen LogP) is 12.0. The van der Waals surface area contributed by atoms with Gasteiger partial charge in [-0.1, -0.05) is 121 Å². The van der Waals surface area contributed by atoms with Crippen molar-refractivity contribution in [1.29, 1.82) is 5.26 Å². The lowest BCUT2D eigenvalue weighted by atomic mass is 9.25. The third-order valence-electron chi connectivity index (χ3n) is 14.9. The van der Waals surface area contributed by atoms with Gasteiger partial charge in [-0.2, -0.15) is 5.26 Å². The predicted molar refractivity (Wildman–Crippen MR) is 259 cm³/mol. The molecule has 3 unspecified atom stereocenters. The number of rotatable bonds is 3. The van der Waals surface area contributed by atoms with Gasteiger partial charge in [0.1, 0.15) is 0 Å². The molecule has 3 heterocycles. The summed E-state index contributed by atoms with van der Waals surface area (Å²) in [4.78, 5) is 2.62. The van der Waals surface area contributed by atoms with Gasteiger partial charge in [0, 0.05) is 42.8 Å². The summed E-state index contributed by atoms with van der Waals surface area (Å²) in [6.07, 6.45) is 19.9. The number of thiophene rings is 1. The molecule has 0 fully saturated rings. The maximum atomic E-state index is 10.9. The first-order valence-electron chi connectivity index (χ1n) is 22.2. The Bertz CT molecular complexity index is 3390. The Morgan fingerprint density at radius 1 is 0.754 bits per heavy atom. The molecule has 0 radical (unpaired) electrons. The number of fused-ring (bicyclic) bond motifs is 9. The van der Waals surface area contributed by atoms with Crippen LogP contribution in [0.25, 0.3) is 60.8 Å². The van der Waals surface area contributed by atoms with Crippen molar-refractivity contribution in [3.8, 4) is 28.3 Å². The van der Waals surface area contributed by atoms with Crippen molar-refractivity contribution in [2.75, 3.05) is 4.90 Å². The first-order chi connectivity index (χ1) is 30.1. The number of nitriles is 1. The van der Waals surface area contributed by atoms with E-state index in [0.717, 1.165) is 37.7 Å². The molecule has 6 aliphatic rings. The lowest BCUT2D eigenvalue weighted by Crippen LogP contribution is -2.60. The highest BCUT2D eigenvalue weighted by molar-refractivity contribution is 7.17. The number of hydrogen-bond donors (Lipinski definition) is 0. The zero-order valence-corrected chi connectivity index (χ0v) is 35.3. The first-order valence-corrected chi connectivity index (χ1v) is 23.0. The van der Waals surface area contributed by atoms with Gasteiger partial charge < -0.3 is 4.90 Å². The van der Waals surface area contributed by atoms with Gasteiger partial charge in [-0.05, 0) is 159 Å². The molecule has 1 aromatic heterocycles. The average molecular weight is 799 g/mol. The third-order valence-corrected chi connectivity index (χ3v) is 16.1. The second-order valence-electron chi connectivity index (χ2n) is 18.1. The second-order valence-corrected chi connectivity index (χ2v) is 19.1. The van der Waals surface area contributed by atoms with E-state index in [4.69, 9.17) is 0 Å². The summed E-state index contributed by atoms with van der Waals surface area (Å²) >= 11 is 1.93. The Kier molecular flexibility index (Phi) is 7.71. The van der Waals surface area contributed by atoms with E-state index in [1.807, 2.05) is 11.3 Å². The zero-order valence-electron chi connectivity index (χ0n) is 34.5. The fourth-order valence-corrected chi connectivity index (χ4v) is 13.8. The molecular weight excluding hydrogens is 756 g/mol. The second kappa shape index (κ2) is 13.3. The Morgan fingerprint density at radius 3 is 2.33 bits per heavy atom. The molecule has 0 saturated heterocycles. The van der Waals surface area contributed by atoms with Crippen LogP contribution in [0.15, 0.2) is 150 Å². The summed E-state index contributed by atoms with van der Waals surface area (Å²) < 4.78 is 2.72. The van der Waals surface area contributed by atoms with Crippen LogP contribution in [0.5, 0.6) is 0 Å². The van der Waals surface area contributed by atoms with Crippen LogP contribution < -0.4 is 25.6 Å². The fraction of sp³-hybridized carbons (Fsp3) is 0.175. The molecule has 0 N–H and O–H groups in total. The summed E-state index contributed by atoms with van der Waals surface area (Å²) in [6.45, 7) is 4.79. The van der Waals surface area contributed by atoms with Gasteiger partial charge in [0.15, 0.2) is 0 Å². The highest BCUT2D eigenvalue weighted by Gasteiger charge is 2.52. The lowest BCUT2D eigenvalue weighted by molar-refractivity contribution is 0.546. The molecule has 61 heavy (non-hydrogen) atoms. The lowest BCUT2D eigenvalue weighted by Gasteiger charge is -2.51. The Morgan fingerprint density at radius 2 is 1.52 bits per heavy atom. The SMILES string of the molecule is CC1=CCCC(C)=C1N1c2cc3c(-c4ccccc4)c4c(c(-c5ccccc5)c3cc2B2c3c(cc(C#N)cc31)C1C=c3sc5ccccc5c3=C3C=CCC2C31)C=CCC4. The molecule has 4 aliphatic carbocycles. The summed E-state index contributed by atoms with van der Waals surface area (Å²) in [6, 6.07) is 43.7. The quantitative estimate of drug-likeness (QED) is 0.167. The molecule has 6 aromatic carbocycles. The highest BCUT2D eigenvalue weighted by atomic mass is 32.1. The molecule has 4 heteroatoms. The monoisotopic (exact) mass is 798 g/mol. The Balaban J connectivity index is 1.20. The molecule has 0 saturated carbocycles. The fourth-order valence-electron chi connectivity index (χ4n) is 12.6. The van der Waals surface area contributed by atoms with Crippen molar-refractivity contribution in [3.63, 3.8) is 0 Å². The summed E-state index contributed by atoms with van der Waals surface area (Å²) in [5, 5.41) is 16.3. The maximum absolute atomic E-state index is 10.9. The van der Waals surface area contributed by atoms with Crippen LogP contribution in [0, 0.1) is 17.2 Å². The van der Waals surface area contributed by atoms with E-state index >= 15 is 0 Å².